The zero-order valence-corrected chi connectivity index (χ0v) is 11.6. The average molecular weight is 298 g/mol. The zero-order chi connectivity index (χ0) is 12.4. The maximum Gasteiger partial charge on any atom is 0.159 e. The van der Waals surface area contributed by atoms with Crippen LogP contribution in [0, 0.1) is 0 Å². The number of nitrogens with zero attached hydrogens (tertiary/aromatic N) is 4. The van der Waals surface area contributed by atoms with Crippen LogP contribution in [0.4, 0.5) is 5.82 Å². The summed E-state index contributed by atoms with van der Waals surface area (Å²) in [5, 5.41) is 8.73. The van der Waals surface area contributed by atoms with Crippen molar-refractivity contribution in [3.8, 4) is 0 Å². The van der Waals surface area contributed by atoms with E-state index in [2.05, 4.69) is 46.0 Å². The van der Waals surface area contributed by atoms with E-state index in [1.807, 2.05) is 15.6 Å². The molecule has 2 aromatic rings. The van der Waals surface area contributed by atoms with E-state index >= 15 is 0 Å². The molecule has 92 valence electrons. The number of nitrogen functional groups attached to an aromatic ring is 1. The highest BCUT2D eigenvalue weighted by atomic mass is 79.9. The summed E-state index contributed by atoms with van der Waals surface area (Å²) in [6.07, 6.45) is 2.83. The molecule has 0 radical (unpaired) electrons. The molecule has 0 amide bonds. The summed E-state index contributed by atoms with van der Waals surface area (Å²) < 4.78 is 4.66. The Morgan fingerprint density at radius 1 is 1.35 bits per heavy atom. The van der Waals surface area contributed by atoms with E-state index in [4.69, 9.17) is 5.73 Å². The van der Waals surface area contributed by atoms with Crippen molar-refractivity contribution in [2.45, 2.75) is 33.4 Å². The van der Waals surface area contributed by atoms with Crippen molar-refractivity contribution in [3.05, 3.63) is 28.1 Å². The fraction of sp³-hybridized carbons (Fsp3) is 0.455. The topological polar surface area (TPSA) is 61.7 Å². The Bertz CT molecular complexity index is 494. The fourth-order valence-electron chi connectivity index (χ4n) is 1.75. The van der Waals surface area contributed by atoms with Crippen LogP contribution in [0.3, 0.4) is 0 Å². The molecule has 0 saturated heterocycles. The van der Waals surface area contributed by atoms with Crippen LogP contribution in [0.2, 0.25) is 0 Å². The number of aromatic nitrogens is 4. The summed E-state index contributed by atoms with van der Waals surface area (Å²) in [5.41, 5.74) is 7.96. The number of hydrogen-bond acceptors (Lipinski definition) is 3. The Hall–Kier alpha value is -1.30. The third-order valence-corrected chi connectivity index (χ3v) is 3.25. The summed E-state index contributed by atoms with van der Waals surface area (Å²) in [7, 11) is 0. The summed E-state index contributed by atoms with van der Waals surface area (Å²) in [6.45, 7) is 5.75. The number of aryl methyl sites for hydroxylation is 2. The van der Waals surface area contributed by atoms with Crippen molar-refractivity contribution >= 4 is 21.7 Å². The van der Waals surface area contributed by atoms with Crippen molar-refractivity contribution in [2.24, 2.45) is 0 Å². The molecule has 0 unspecified atom stereocenters. The highest BCUT2D eigenvalue weighted by Gasteiger charge is 2.08. The Morgan fingerprint density at radius 2 is 2.12 bits per heavy atom. The third-order valence-electron chi connectivity index (χ3n) is 2.64. The molecule has 6 heteroatoms. The molecule has 0 aliphatic rings. The maximum atomic E-state index is 5.69. The minimum Gasteiger partial charge on any atom is -0.381 e. The molecule has 0 aliphatic heterocycles. The molecule has 0 spiro atoms. The van der Waals surface area contributed by atoms with Gasteiger partial charge in [0.2, 0.25) is 0 Å². The summed E-state index contributed by atoms with van der Waals surface area (Å²) in [4.78, 5) is 0. The number of hydrogen-bond donors (Lipinski definition) is 1. The Labute approximate surface area is 109 Å². The van der Waals surface area contributed by atoms with Gasteiger partial charge in [-0.1, -0.05) is 6.92 Å². The van der Waals surface area contributed by atoms with Gasteiger partial charge in [0, 0.05) is 12.7 Å². The van der Waals surface area contributed by atoms with E-state index in [9.17, 15) is 0 Å². The molecule has 17 heavy (non-hydrogen) atoms. The monoisotopic (exact) mass is 297 g/mol. The van der Waals surface area contributed by atoms with Gasteiger partial charge < -0.3 is 5.73 Å². The van der Waals surface area contributed by atoms with Crippen LogP contribution in [0.25, 0.3) is 0 Å². The van der Waals surface area contributed by atoms with Gasteiger partial charge in [-0.25, -0.2) is 0 Å². The second-order valence-corrected chi connectivity index (χ2v) is 4.71. The van der Waals surface area contributed by atoms with Crippen molar-refractivity contribution in [2.75, 3.05) is 5.73 Å². The zero-order valence-electron chi connectivity index (χ0n) is 10.0. The number of halogens is 1. The van der Waals surface area contributed by atoms with Crippen LogP contribution >= 0.6 is 15.9 Å². The normalized spacial score (nSPS) is 11.0. The minimum absolute atomic E-state index is 0.517. The Morgan fingerprint density at radius 3 is 2.65 bits per heavy atom. The van der Waals surface area contributed by atoms with Gasteiger partial charge >= 0.3 is 0 Å². The highest BCUT2D eigenvalue weighted by molar-refractivity contribution is 9.10. The smallest absolute Gasteiger partial charge is 0.159 e. The molecular weight excluding hydrogens is 282 g/mol. The molecule has 2 rings (SSSR count). The first-order valence-electron chi connectivity index (χ1n) is 5.68. The third kappa shape index (κ3) is 2.52. The number of nitrogens with two attached hydrogens (primary N) is 1. The summed E-state index contributed by atoms with van der Waals surface area (Å²) in [5.74, 6) is 0.517. The van der Waals surface area contributed by atoms with Crippen molar-refractivity contribution in [1.82, 2.24) is 19.6 Å². The van der Waals surface area contributed by atoms with Gasteiger partial charge in [0.05, 0.1) is 22.4 Å². The predicted molar refractivity (Wildman–Crippen MR) is 70.7 cm³/mol. The van der Waals surface area contributed by atoms with Gasteiger partial charge in [0.1, 0.15) is 0 Å². The molecule has 0 aliphatic carbocycles. The van der Waals surface area contributed by atoms with E-state index < -0.39 is 0 Å². The largest absolute Gasteiger partial charge is 0.381 e. The molecular formula is C11H16BrN5. The standard InChI is InChI=1S/C11H16BrN5/c1-3-8-5-9(17(4-2)14-8)6-16-7-10(12)11(13)15-16/h5,7H,3-4,6H2,1-2H3,(H2,13,15). The van der Waals surface area contributed by atoms with Crippen molar-refractivity contribution in [1.29, 1.82) is 0 Å². The fourth-order valence-corrected chi connectivity index (χ4v) is 2.06. The highest BCUT2D eigenvalue weighted by Crippen LogP contribution is 2.17. The molecule has 2 heterocycles. The van der Waals surface area contributed by atoms with Crippen molar-refractivity contribution in [3.63, 3.8) is 0 Å². The minimum atomic E-state index is 0.517. The lowest BCUT2D eigenvalue weighted by Gasteiger charge is -2.04. The van der Waals surface area contributed by atoms with E-state index in [0.29, 0.717) is 12.4 Å². The lowest BCUT2D eigenvalue weighted by molar-refractivity contribution is 0.574. The van der Waals surface area contributed by atoms with Crippen molar-refractivity contribution < 1.29 is 0 Å². The Kier molecular flexibility index (Phi) is 3.51. The molecule has 0 atom stereocenters. The van der Waals surface area contributed by atoms with E-state index in [1.54, 1.807) is 0 Å². The summed E-state index contributed by atoms with van der Waals surface area (Å²) >= 11 is 3.35. The average Bonchev–Trinajstić information content (AvgIpc) is 2.84. The first-order chi connectivity index (χ1) is 8.13. The maximum absolute atomic E-state index is 5.69. The van der Waals surface area contributed by atoms with Crippen LogP contribution < -0.4 is 5.73 Å². The second-order valence-electron chi connectivity index (χ2n) is 3.86. The molecule has 2 aromatic heterocycles. The van der Waals surface area contributed by atoms with Crippen LogP contribution in [-0.4, -0.2) is 19.6 Å². The summed E-state index contributed by atoms with van der Waals surface area (Å²) in [6, 6.07) is 2.12. The van der Waals surface area contributed by atoms with Gasteiger partial charge in [-0.05, 0) is 35.3 Å². The molecule has 0 saturated carbocycles. The molecule has 5 nitrogen and oxygen atoms in total. The Balaban J connectivity index is 2.25. The van der Waals surface area contributed by atoms with Crippen LogP contribution in [0.15, 0.2) is 16.7 Å². The van der Waals surface area contributed by atoms with Gasteiger partial charge in [0.15, 0.2) is 5.82 Å². The van der Waals surface area contributed by atoms with Gasteiger partial charge in [0.25, 0.3) is 0 Å². The van der Waals surface area contributed by atoms with Crippen LogP contribution in [0.1, 0.15) is 25.2 Å². The lowest BCUT2D eigenvalue weighted by Crippen LogP contribution is -2.08. The van der Waals surface area contributed by atoms with Gasteiger partial charge in [-0.15, -0.1) is 0 Å². The predicted octanol–water partition coefficient (Wildman–Crippen LogP) is 2.05. The van der Waals surface area contributed by atoms with E-state index in [0.717, 1.165) is 28.8 Å². The number of rotatable bonds is 4. The van der Waals surface area contributed by atoms with Crippen LogP contribution in [0.5, 0.6) is 0 Å². The quantitative estimate of drug-likeness (QED) is 0.939. The molecule has 0 fully saturated rings. The van der Waals surface area contributed by atoms with E-state index in [1.165, 1.54) is 0 Å². The SMILES string of the molecule is CCc1cc(Cn2cc(Br)c(N)n2)n(CC)n1. The molecule has 0 aromatic carbocycles. The number of anilines is 1. The second kappa shape index (κ2) is 4.91. The van der Waals surface area contributed by atoms with Crippen LogP contribution in [-0.2, 0) is 19.5 Å². The lowest BCUT2D eigenvalue weighted by atomic mass is 10.3. The molecule has 0 bridgehead atoms. The molecule has 2 N–H and O–H groups in total. The van der Waals surface area contributed by atoms with Gasteiger partial charge in [-0.2, -0.15) is 10.2 Å². The van der Waals surface area contributed by atoms with Gasteiger partial charge in [-0.3, -0.25) is 9.36 Å². The first-order valence-corrected chi connectivity index (χ1v) is 6.47. The first kappa shape index (κ1) is 12.2. The van der Waals surface area contributed by atoms with E-state index in [-0.39, 0.29) is 0 Å².